The maximum atomic E-state index is 13.5. The van der Waals surface area contributed by atoms with E-state index in [0.717, 1.165) is 19.6 Å². The monoisotopic (exact) mass is 421 g/mol. The second kappa shape index (κ2) is 8.33. The van der Waals surface area contributed by atoms with E-state index in [1.807, 2.05) is 4.90 Å². The number of hydrogen-bond acceptors (Lipinski definition) is 7. The molecule has 1 fully saturated rings. The quantitative estimate of drug-likeness (QED) is 0.485. The van der Waals surface area contributed by atoms with Crippen molar-refractivity contribution in [1.29, 1.82) is 0 Å². The van der Waals surface area contributed by atoms with Crippen molar-refractivity contribution in [2.75, 3.05) is 37.6 Å². The van der Waals surface area contributed by atoms with Crippen molar-refractivity contribution in [3.63, 3.8) is 0 Å². The average molecular weight is 421 g/mol. The lowest BCUT2D eigenvalue weighted by atomic mass is 9.90. The summed E-state index contributed by atoms with van der Waals surface area (Å²) in [5, 5.41) is 50.5. The topological polar surface area (TPSA) is 113 Å². The molecule has 1 aliphatic heterocycles. The second-order valence-corrected chi connectivity index (χ2v) is 8.11. The standard InChI is InChI=1S/C21H28FN3O5/c22-13-2-3-17(26)16(10-13)24-8-6-23(7-9-24)4-1-5-25-20(29)14-11-18(27)19(28)12-15(14)21(25)30/h2-3,10,18-19,26-30H,1,4-9,11-12H2. The SMILES string of the molecule is Oc1ccc(F)cc1N1CCN(CCCn2c(O)c3c(c2O)CC(O)C(O)C3)CC1. The van der Waals surface area contributed by atoms with Gasteiger partial charge in [0.25, 0.3) is 0 Å². The van der Waals surface area contributed by atoms with Crippen LogP contribution in [0.3, 0.4) is 0 Å². The first kappa shape index (κ1) is 20.8. The van der Waals surface area contributed by atoms with E-state index >= 15 is 0 Å². The number of aromatic hydroxyl groups is 3. The van der Waals surface area contributed by atoms with Gasteiger partial charge in [0.15, 0.2) is 11.8 Å². The molecule has 0 bridgehead atoms. The average Bonchev–Trinajstić information content (AvgIpc) is 2.95. The van der Waals surface area contributed by atoms with Crippen LogP contribution in [-0.4, -0.2) is 79.9 Å². The van der Waals surface area contributed by atoms with E-state index in [-0.39, 0.29) is 36.2 Å². The van der Waals surface area contributed by atoms with Gasteiger partial charge in [-0.05, 0) is 25.1 Å². The molecule has 2 heterocycles. The molecule has 30 heavy (non-hydrogen) atoms. The van der Waals surface area contributed by atoms with Crippen LogP contribution in [0.4, 0.5) is 10.1 Å². The minimum Gasteiger partial charge on any atom is -0.506 e. The van der Waals surface area contributed by atoms with Gasteiger partial charge in [-0.3, -0.25) is 9.47 Å². The summed E-state index contributed by atoms with van der Waals surface area (Å²) in [4.78, 5) is 4.21. The Kier molecular flexibility index (Phi) is 5.77. The highest BCUT2D eigenvalue weighted by molar-refractivity contribution is 5.58. The van der Waals surface area contributed by atoms with Crippen LogP contribution in [0.1, 0.15) is 17.5 Å². The summed E-state index contributed by atoms with van der Waals surface area (Å²) in [6.07, 6.45) is -0.930. The molecule has 8 nitrogen and oxygen atoms in total. The second-order valence-electron chi connectivity index (χ2n) is 8.11. The van der Waals surface area contributed by atoms with E-state index in [2.05, 4.69) is 4.90 Å². The molecule has 2 unspecified atom stereocenters. The third-order valence-corrected chi connectivity index (χ3v) is 6.19. The van der Waals surface area contributed by atoms with Gasteiger partial charge in [-0.2, -0.15) is 0 Å². The minimum absolute atomic E-state index is 0.0418. The Balaban J connectivity index is 1.31. The van der Waals surface area contributed by atoms with Crippen LogP contribution < -0.4 is 4.90 Å². The summed E-state index contributed by atoms with van der Waals surface area (Å²) in [6.45, 7) is 4.03. The van der Waals surface area contributed by atoms with E-state index in [1.54, 1.807) is 0 Å². The maximum absolute atomic E-state index is 13.5. The number of phenolic OH excluding ortho intramolecular Hbond substituents is 1. The van der Waals surface area contributed by atoms with Gasteiger partial charge in [-0.25, -0.2) is 4.39 Å². The molecular weight excluding hydrogens is 393 g/mol. The fourth-order valence-corrected chi connectivity index (χ4v) is 4.44. The Bertz CT molecular complexity index is 877. The van der Waals surface area contributed by atoms with Gasteiger partial charge in [0.2, 0.25) is 0 Å². The molecule has 1 aromatic heterocycles. The fourth-order valence-electron chi connectivity index (χ4n) is 4.44. The van der Waals surface area contributed by atoms with Crippen molar-refractivity contribution < 1.29 is 29.9 Å². The number of fused-ring (bicyclic) bond motifs is 1. The highest BCUT2D eigenvalue weighted by Gasteiger charge is 2.33. The van der Waals surface area contributed by atoms with Crippen molar-refractivity contribution in [1.82, 2.24) is 9.47 Å². The fraction of sp³-hybridized carbons (Fsp3) is 0.524. The largest absolute Gasteiger partial charge is 0.506 e. The number of rotatable bonds is 5. The zero-order valence-electron chi connectivity index (χ0n) is 16.7. The normalized spacial score (nSPS) is 22.3. The number of benzene rings is 1. The van der Waals surface area contributed by atoms with E-state index in [4.69, 9.17) is 0 Å². The van der Waals surface area contributed by atoms with Gasteiger partial charge in [-0.15, -0.1) is 0 Å². The summed E-state index contributed by atoms with van der Waals surface area (Å²) >= 11 is 0. The van der Waals surface area contributed by atoms with E-state index in [1.165, 1.54) is 22.8 Å². The smallest absolute Gasteiger partial charge is 0.197 e. The van der Waals surface area contributed by atoms with Crippen LogP contribution in [0, 0.1) is 5.82 Å². The van der Waals surface area contributed by atoms with Crippen LogP contribution in [0.25, 0.3) is 0 Å². The number of aromatic nitrogens is 1. The van der Waals surface area contributed by atoms with Crippen LogP contribution >= 0.6 is 0 Å². The predicted molar refractivity (Wildman–Crippen MR) is 109 cm³/mol. The highest BCUT2D eigenvalue weighted by atomic mass is 19.1. The highest BCUT2D eigenvalue weighted by Crippen LogP contribution is 2.39. The molecule has 9 heteroatoms. The Labute approximate surface area is 174 Å². The number of anilines is 1. The molecule has 1 aliphatic carbocycles. The van der Waals surface area contributed by atoms with Crippen LogP contribution in [0.2, 0.25) is 0 Å². The molecule has 1 aromatic carbocycles. The minimum atomic E-state index is -0.938. The zero-order valence-corrected chi connectivity index (χ0v) is 16.7. The molecule has 5 N–H and O–H groups in total. The first-order valence-electron chi connectivity index (χ1n) is 10.3. The molecule has 2 aliphatic rings. The van der Waals surface area contributed by atoms with Gasteiger partial charge < -0.3 is 30.4 Å². The van der Waals surface area contributed by atoms with Crippen molar-refractivity contribution >= 4 is 5.69 Å². The molecule has 0 spiro atoms. The molecule has 2 atom stereocenters. The number of aliphatic hydroxyl groups is 2. The summed E-state index contributed by atoms with van der Waals surface area (Å²) in [6, 6.07) is 3.95. The van der Waals surface area contributed by atoms with E-state index in [9.17, 15) is 29.9 Å². The lowest BCUT2D eigenvalue weighted by Gasteiger charge is -2.36. The van der Waals surface area contributed by atoms with Crippen LogP contribution in [0.15, 0.2) is 18.2 Å². The van der Waals surface area contributed by atoms with Gasteiger partial charge in [0.05, 0.1) is 17.9 Å². The van der Waals surface area contributed by atoms with Gasteiger partial charge >= 0.3 is 0 Å². The van der Waals surface area contributed by atoms with Crippen molar-refractivity contribution in [2.24, 2.45) is 0 Å². The molecule has 0 amide bonds. The predicted octanol–water partition coefficient (Wildman–Crippen LogP) is 0.777. The summed E-state index contributed by atoms with van der Waals surface area (Å²) in [5.74, 6) is -0.387. The van der Waals surface area contributed by atoms with E-state index in [0.29, 0.717) is 42.9 Å². The number of halogens is 1. The first-order chi connectivity index (χ1) is 14.3. The molecule has 164 valence electrons. The van der Waals surface area contributed by atoms with Gasteiger partial charge in [0, 0.05) is 62.8 Å². The van der Waals surface area contributed by atoms with E-state index < -0.39 is 12.2 Å². The maximum Gasteiger partial charge on any atom is 0.197 e. The van der Waals surface area contributed by atoms with Gasteiger partial charge in [-0.1, -0.05) is 0 Å². The van der Waals surface area contributed by atoms with Crippen molar-refractivity contribution in [3.05, 3.63) is 35.1 Å². The lowest BCUT2D eigenvalue weighted by molar-refractivity contribution is 0.0136. The van der Waals surface area contributed by atoms with Crippen LogP contribution in [0.5, 0.6) is 17.5 Å². The number of aliphatic hydroxyl groups excluding tert-OH is 2. The Morgan fingerprint density at radius 3 is 2.07 bits per heavy atom. The first-order valence-corrected chi connectivity index (χ1v) is 10.3. The summed E-state index contributed by atoms with van der Waals surface area (Å²) in [7, 11) is 0. The Hall–Kier alpha value is -2.49. The van der Waals surface area contributed by atoms with Crippen molar-refractivity contribution in [3.8, 4) is 17.5 Å². The Morgan fingerprint density at radius 1 is 0.867 bits per heavy atom. The lowest BCUT2D eigenvalue weighted by Crippen LogP contribution is -2.46. The molecule has 1 saturated heterocycles. The zero-order chi connectivity index (χ0) is 21.4. The van der Waals surface area contributed by atoms with Crippen LogP contribution in [-0.2, 0) is 19.4 Å². The summed E-state index contributed by atoms with van der Waals surface area (Å²) in [5.41, 5.74) is 1.52. The third kappa shape index (κ3) is 3.92. The third-order valence-electron chi connectivity index (χ3n) is 6.19. The number of nitrogens with zero attached hydrogens (tertiary/aromatic N) is 3. The summed E-state index contributed by atoms with van der Waals surface area (Å²) < 4.78 is 14.9. The molecule has 4 rings (SSSR count). The Morgan fingerprint density at radius 2 is 1.47 bits per heavy atom. The van der Waals surface area contributed by atoms with Gasteiger partial charge in [0.1, 0.15) is 11.6 Å². The molecule has 0 saturated carbocycles. The van der Waals surface area contributed by atoms with Crippen molar-refractivity contribution in [2.45, 2.75) is 38.0 Å². The number of piperazine rings is 1. The number of phenols is 1. The molecule has 2 aromatic rings. The molecular formula is C21H28FN3O5. The number of hydrogen-bond donors (Lipinski definition) is 5. The molecule has 0 radical (unpaired) electrons.